The maximum absolute atomic E-state index is 11.2. The molecule has 1 heterocycles. The Morgan fingerprint density at radius 2 is 2.53 bits per heavy atom. The maximum atomic E-state index is 11.2. The van der Waals surface area contributed by atoms with Crippen LogP contribution in [-0.4, -0.2) is 27.7 Å². The first-order valence-corrected chi connectivity index (χ1v) is 5.87. The van der Waals surface area contributed by atoms with Crippen LogP contribution in [0, 0.1) is 0 Å². The molecule has 0 N–H and O–H groups in total. The summed E-state index contributed by atoms with van der Waals surface area (Å²) in [6.45, 7) is 0.513. The number of hydrogen-bond acceptors (Lipinski definition) is 3. The molecule has 2 rings (SSSR count). The molecule has 1 fully saturated rings. The lowest BCUT2D eigenvalue weighted by atomic mass is 10.3. The van der Waals surface area contributed by atoms with Gasteiger partial charge in [0.15, 0.2) is 0 Å². The molecule has 0 saturated heterocycles. The molecule has 1 aromatic rings. The molecule has 82 valence electrons. The first-order chi connectivity index (χ1) is 7.20. The van der Waals surface area contributed by atoms with Crippen molar-refractivity contribution in [2.24, 2.45) is 0 Å². The molecule has 1 aliphatic rings. The van der Waals surface area contributed by atoms with Gasteiger partial charge >= 0.3 is 5.97 Å². The van der Waals surface area contributed by atoms with Gasteiger partial charge in [0.25, 0.3) is 0 Å². The number of halogens is 1. The Balaban J connectivity index is 1.94. The molecule has 1 atom stereocenters. The van der Waals surface area contributed by atoms with Crippen LogP contribution in [0.25, 0.3) is 0 Å². The second-order valence-electron chi connectivity index (χ2n) is 3.73. The molecule has 0 spiro atoms. The number of alkyl halides is 1. The van der Waals surface area contributed by atoms with Crippen molar-refractivity contribution >= 4 is 21.9 Å². The summed E-state index contributed by atoms with van der Waals surface area (Å²) < 4.78 is 6.41. The van der Waals surface area contributed by atoms with Crippen LogP contribution in [0.3, 0.4) is 0 Å². The highest BCUT2D eigenvalue weighted by molar-refractivity contribution is 9.10. The number of carbonyl (C=O) groups is 1. The van der Waals surface area contributed by atoms with E-state index in [1.54, 1.807) is 4.68 Å². The lowest BCUT2D eigenvalue weighted by molar-refractivity contribution is -0.140. The number of methoxy groups -OCH3 is 1. The zero-order valence-electron chi connectivity index (χ0n) is 8.52. The van der Waals surface area contributed by atoms with Gasteiger partial charge in [-0.15, -0.1) is 0 Å². The van der Waals surface area contributed by atoms with Crippen molar-refractivity contribution in [3.05, 3.63) is 18.0 Å². The fourth-order valence-electron chi connectivity index (χ4n) is 1.44. The quantitative estimate of drug-likeness (QED) is 0.619. The van der Waals surface area contributed by atoms with E-state index in [0.717, 1.165) is 5.69 Å². The van der Waals surface area contributed by atoms with E-state index in [-0.39, 0.29) is 10.8 Å². The zero-order valence-corrected chi connectivity index (χ0v) is 10.1. The molecule has 15 heavy (non-hydrogen) atoms. The van der Waals surface area contributed by atoms with Gasteiger partial charge in [-0.2, -0.15) is 5.10 Å². The fourth-order valence-corrected chi connectivity index (χ4v) is 1.93. The van der Waals surface area contributed by atoms with Crippen molar-refractivity contribution in [2.75, 3.05) is 7.11 Å². The smallest absolute Gasteiger partial charge is 0.321 e. The molecule has 4 nitrogen and oxygen atoms in total. The summed E-state index contributed by atoms with van der Waals surface area (Å²) in [6, 6.07) is 2.02. The number of carbonyl (C=O) groups excluding carboxylic acids is 1. The van der Waals surface area contributed by atoms with E-state index in [2.05, 4.69) is 25.8 Å². The lowest BCUT2D eigenvalue weighted by Gasteiger charge is -2.06. The van der Waals surface area contributed by atoms with Gasteiger partial charge in [0.1, 0.15) is 4.83 Å². The van der Waals surface area contributed by atoms with Crippen molar-refractivity contribution in [3.8, 4) is 0 Å². The van der Waals surface area contributed by atoms with Crippen molar-refractivity contribution in [3.63, 3.8) is 0 Å². The summed E-state index contributed by atoms with van der Waals surface area (Å²) in [5.41, 5.74) is 1.14. The minimum absolute atomic E-state index is 0.265. The Morgan fingerprint density at radius 1 is 1.80 bits per heavy atom. The number of nitrogens with zero attached hydrogens (tertiary/aromatic N) is 2. The highest BCUT2D eigenvalue weighted by atomic mass is 79.9. The highest BCUT2D eigenvalue weighted by Gasteiger charge is 2.26. The third kappa shape index (κ3) is 2.59. The SMILES string of the molecule is COC(=O)C(Br)Cn1ccc(C2CC2)n1. The lowest BCUT2D eigenvalue weighted by Crippen LogP contribution is -2.21. The summed E-state index contributed by atoms with van der Waals surface area (Å²) in [5, 5.41) is 4.41. The van der Waals surface area contributed by atoms with E-state index >= 15 is 0 Å². The fraction of sp³-hybridized carbons (Fsp3) is 0.600. The van der Waals surface area contributed by atoms with Gasteiger partial charge in [-0.05, 0) is 18.9 Å². The van der Waals surface area contributed by atoms with E-state index in [4.69, 9.17) is 0 Å². The van der Waals surface area contributed by atoms with Crippen LogP contribution >= 0.6 is 15.9 Å². The van der Waals surface area contributed by atoms with E-state index in [1.165, 1.54) is 20.0 Å². The predicted molar refractivity (Wildman–Crippen MR) is 58.9 cm³/mol. The predicted octanol–water partition coefficient (Wildman–Crippen LogP) is 1.70. The Kier molecular flexibility index (Phi) is 3.09. The van der Waals surface area contributed by atoms with E-state index in [1.807, 2.05) is 12.3 Å². The average Bonchev–Trinajstić information content (AvgIpc) is 2.99. The van der Waals surface area contributed by atoms with Crippen LogP contribution < -0.4 is 0 Å². The largest absolute Gasteiger partial charge is 0.468 e. The van der Waals surface area contributed by atoms with Gasteiger partial charge in [-0.1, -0.05) is 15.9 Å². The van der Waals surface area contributed by atoms with Crippen molar-refractivity contribution in [1.82, 2.24) is 9.78 Å². The summed E-state index contributed by atoms with van der Waals surface area (Å²) in [4.78, 5) is 10.8. The Hall–Kier alpha value is -0.840. The van der Waals surface area contributed by atoms with Gasteiger partial charge in [0.05, 0.1) is 19.3 Å². The Bertz CT molecular complexity index is 360. The number of hydrogen-bond donors (Lipinski definition) is 0. The Morgan fingerprint density at radius 3 is 3.13 bits per heavy atom. The van der Waals surface area contributed by atoms with Gasteiger partial charge < -0.3 is 4.74 Å². The summed E-state index contributed by atoms with van der Waals surface area (Å²) in [7, 11) is 1.38. The maximum Gasteiger partial charge on any atom is 0.321 e. The minimum Gasteiger partial charge on any atom is -0.468 e. The number of aromatic nitrogens is 2. The molecule has 0 aliphatic heterocycles. The number of rotatable bonds is 4. The second kappa shape index (κ2) is 4.35. The second-order valence-corrected chi connectivity index (χ2v) is 4.83. The molecule has 1 saturated carbocycles. The molecule has 0 radical (unpaired) electrons. The normalized spacial score (nSPS) is 17.5. The number of esters is 1. The van der Waals surface area contributed by atoms with Crippen molar-refractivity contribution in [2.45, 2.75) is 30.1 Å². The van der Waals surface area contributed by atoms with Gasteiger partial charge in [0, 0.05) is 12.1 Å². The van der Waals surface area contributed by atoms with E-state index in [0.29, 0.717) is 12.5 Å². The number of ether oxygens (including phenoxy) is 1. The van der Waals surface area contributed by atoms with Crippen molar-refractivity contribution in [1.29, 1.82) is 0 Å². The molecule has 1 aliphatic carbocycles. The Labute approximate surface area is 96.7 Å². The molecular weight excluding hydrogens is 260 g/mol. The van der Waals surface area contributed by atoms with Gasteiger partial charge in [0.2, 0.25) is 0 Å². The third-order valence-electron chi connectivity index (χ3n) is 2.46. The zero-order chi connectivity index (χ0) is 10.8. The minimum atomic E-state index is -0.325. The summed E-state index contributed by atoms with van der Waals surface area (Å²) in [5.74, 6) is 0.386. The molecule has 0 bridgehead atoms. The average molecular weight is 273 g/mol. The van der Waals surface area contributed by atoms with Gasteiger partial charge in [-0.25, -0.2) is 0 Å². The van der Waals surface area contributed by atoms with E-state index in [9.17, 15) is 4.79 Å². The molecule has 0 aromatic carbocycles. The molecule has 1 aromatic heterocycles. The highest BCUT2D eigenvalue weighted by Crippen LogP contribution is 2.38. The summed E-state index contributed by atoms with van der Waals surface area (Å²) in [6.07, 6.45) is 4.39. The van der Waals surface area contributed by atoms with E-state index < -0.39 is 0 Å². The van der Waals surface area contributed by atoms with Crippen molar-refractivity contribution < 1.29 is 9.53 Å². The molecule has 1 unspecified atom stereocenters. The first-order valence-electron chi connectivity index (χ1n) is 4.96. The molecular formula is C10H13BrN2O2. The van der Waals surface area contributed by atoms with Crippen LogP contribution in [0.4, 0.5) is 0 Å². The van der Waals surface area contributed by atoms with Crippen LogP contribution in [0.15, 0.2) is 12.3 Å². The van der Waals surface area contributed by atoms with Gasteiger partial charge in [-0.3, -0.25) is 9.48 Å². The van der Waals surface area contributed by atoms with Crippen LogP contribution in [-0.2, 0) is 16.1 Å². The van der Waals surface area contributed by atoms with Crippen LogP contribution in [0.2, 0.25) is 0 Å². The third-order valence-corrected chi connectivity index (χ3v) is 3.12. The monoisotopic (exact) mass is 272 g/mol. The summed E-state index contributed by atoms with van der Waals surface area (Å²) >= 11 is 3.27. The molecule has 5 heteroatoms. The molecule has 0 amide bonds. The standard InChI is InChI=1S/C10H13BrN2O2/c1-15-10(14)8(11)6-13-5-4-9(12-13)7-2-3-7/h4-5,7-8H,2-3,6H2,1H3. The topological polar surface area (TPSA) is 44.1 Å². The van der Waals surface area contributed by atoms with Crippen LogP contribution in [0.5, 0.6) is 0 Å². The first kappa shape index (κ1) is 10.7. The van der Waals surface area contributed by atoms with Crippen LogP contribution in [0.1, 0.15) is 24.5 Å².